The lowest BCUT2D eigenvalue weighted by molar-refractivity contribution is 0.0137. The van der Waals surface area contributed by atoms with Crippen molar-refractivity contribution in [2.24, 2.45) is 11.8 Å². The topological polar surface area (TPSA) is 32.8 Å². The third kappa shape index (κ3) is 7.77. The van der Waals surface area contributed by atoms with Gasteiger partial charge in [0, 0.05) is 37.7 Å². The van der Waals surface area contributed by atoms with Crippen LogP contribution in [-0.2, 0) is 11.3 Å². The van der Waals surface area contributed by atoms with Gasteiger partial charge in [0.1, 0.15) is 5.60 Å². The second-order valence-electron chi connectivity index (χ2n) is 10.3. The first-order valence-electron chi connectivity index (χ1n) is 11.7. The maximum Gasteiger partial charge on any atom is 0.410 e. The Kier molecular flexibility index (Phi) is 8.47. The Morgan fingerprint density at radius 1 is 1.03 bits per heavy atom. The molecule has 0 aromatic heterocycles. The van der Waals surface area contributed by atoms with Gasteiger partial charge in [-0.2, -0.15) is 0 Å². The minimum atomic E-state index is -0.439. The number of piperidine rings is 1. The van der Waals surface area contributed by atoms with Crippen molar-refractivity contribution < 1.29 is 9.53 Å². The van der Waals surface area contributed by atoms with Gasteiger partial charge in [-0.05, 0) is 76.0 Å². The van der Waals surface area contributed by atoms with E-state index >= 15 is 0 Å². The maximum atomic E-state index is 12.6. The Hall–Kier alpha value is -1.26. The predicted octanol–water partition coefficient (Wildman–Crippen LogP) is 6.37. The van der Waals surface area contributed by atoms with Gasteiger partial charge in [-0.25, -0.2) is 4.79 Å². The Labute approximate surface area is 187 Å². The summed E-state index contributed by atoms with van der Waals surface area (Å²) in [4.78, 5) is 17.1. The van der Waals surface area contributed by atoms with Gasteiger partial charge in [0.25, 0.3) is 0 Å². The van der Waals surface area contributed by atoms with Crippen molar-refractivity contribution >= 4 is 17.7 Å². The number of benzene rings is 1. The van der Waals surface area contributed by atoms with Crippen molar-refractivity contribution in [2.75, 3.05) is 26.2 Å². The summed E-state index contributed by atoms with van der Waals surface area (Å²) >= 11 is 6.09. The summed E-state index contributed by atoms with van der Waals surface area (Å²) in [5.41, 5.74) is 0.876. The molecular weight excluding hydrogens is 396 g/mol. The Bertz CT molecular complexity index is 665. The number of nitrogens with zero attached hydrogens (tertiary/aromatic N) is 2. The van der Waals surface area contributed by atoms with Crippen LogP contribution < -0.4 is 0 Å². The molecule has 0 radical (unpaired) electrons. The molecule has 1 saturated carbocycles. The van der Waals surface area contributed by atoms with Gasteiger partial charge in [-0.15, -0.1) is 0 Å². The van der Waals surface area contributed by atoms with E-state index in [0.717, 1.165) is 50.1 Å². The molecule has 168 valence electrons. The molecule has 5 heteroatoms. The van der Waals surface area contributed by atoms with E-state index in [1.165, 1.54) is 44.1 Å². The highest BCUT2D eigenvalue weighted by Crippen LogP contribution is 2.27. The number of likely N-dealkylation sites (tertiary alicyclic amines) is 1. The molecule has 1 atom stereocenters. The Morgan fingerprint density at radius 3 is 2.33 bits per heavy atom. The summed E-state index contributed by atoms with van der Waals surface area (Å²) in [5, 5.41) is 0.790. The molecule has 1 aliphatic carbocycles. The third-order valence-electron chi connectivity index (χ3n) is 6.25. The summed E-state index contributed by atoms with van der Waals surface area (Å²) in [5.74, 6) is 1.30. The standard InChI is InChI=1S/C25H39ClN2O2/c1-25(2,3)30-24(29)28-15-7-10-22(19-28)18-27(16-20-8-5-4-6-9-20)17-21-11-13-23(26)14-12-21/h11-14,20,22H,4-10,15-19H2,1-3H3. The number of ether oxygens (including phenoxy) is 1. The van der Waals surface area contributed by atoms with Crippen molar-refractivity contribution in [1.29, 1.82) is 0 Å². The highest BCUT2D eigenvalue weighted by atomic mass is 35.5. The Morgan fingerprint density at radius 2 is 1.67 bits per heavy atom. The summed E-state index contributed by atoms with van der Waals surface area (Å²) in [6.07, 6.45) is 8.91. The second-order valence-corrected chi connectivity index (χ2v) is 10.7. The molecule has 2 fully saturated rings. The van der Waals surface area contributed by atoms with E-state index < -0.39 is 5.60 Å². The van der Waals surface area contributed by atoms with E-state index in [2.05, 4.69) is 17.0 Å². The molecule has 1 amide bonds. The van der Waals surface area contributed by atoms with Crippen molar-refractivity contribution in [3.05, 3.63) is 34.9 Å². The first kappa shape index (κ1) is 23.4. The minimum absolute atomic E-state index is 0.163. The number of hydrogen-bond donors (Lipinski definition) is 0. The Balaban J connectivity index is 1.61. The van der Waals surface area contributed by atoms with E-state index in [4.69, 9.17) is 16.3 Å². The van der Waals surface area contributed by atoms with Gasteiger partial charge in [-0.1, -0.05) is 43.0 Å². The van der Waals surface area contributed by atoms with Crippen LogP contribution in [0.1, 0.15) is 71.3 Å². The normalized spacial score (nSPS) is 21.1. The van der Waals surface area contributed by atoms with Crippen molar-refractivity contribution in [1.82, 2.24) is 9.80 Å². The number of hydrogen-bond acceptors (Lipinski definition) is 3. The molecule has 2 aliphatic rings. The molecule has 1 saturated heterocycles. The lowest BCUT2D eigenvalue weighted by Gasteiger charge is -2.37. The van der Waals surface area contributed by atoms with Crippen LogP contribution in [-0.4, -0.2) is 47.7 Å². The van der Waals surface area contributed by atoms with Gasteiger partial charge < -0.3 is 9.64 Å². The fourth-order valence-electron chi connectivity index (χ4n) is 4.86. The average molecular weight is 435 g/mol. The molecule has 3 rings (SSSR count). The van der Waals surface area contributed by atoms with E-state index in [0.29, 0.717) is 5.92 Å². The maximum absolute atomic E-state index is 12.6. The SMILES string of the molecule is CC(C)(C)OC(=O)N1CCCC(CN(Cc2ccc(Cl)cc2)CC2CCCCC2)C1. The quantitative estimate of drug-likeness (QED) is 0.521. The lowest BCUT2D eigenvalue weighted by Crippen LogP contribution is -2.46. The van der Waals surface area contributed by atoms with E-state index in [1.54, 1.807) is 0 Å². The number of amides is 1. The largest absolute Gasteiger partial charge is 0.444 e. The molecule has 4 nitrogen and oxygen atoms in total. The highest BCUT2D eigenvalue weighted by Gasteiger charge is 2.29. The first-order valence-corrected chi connectivity index (χ1v) is 12.1. The third-order valence-corrected chi connectivity index (χ3v) is 6.50. The van der Waals surface area contributed by atoms with Crippen LogP contribution in [0.15, 0.2) is 24.3 Å². The number of carbonyl (C=O) groups is 1. The lowest BCUT2D eigenvalue weighted by atomic mass is 9.88. The zero-order valence-corrected chi connectivity index (χ0v) is 19.8. The monoisotopic (exact) mass is 434 g/mol. The molecule has 1 aromatic rings. The smallest absolute Gasteiger partial charge is 0.410 e. The predicted molar refractivity (Wildman–Crippen MR) is 124 cm³/mol. The zero-order chi connectivity index (χ0) is 21.6. The molecule has 1 unspecified atom stereocenters. The van der Waals surface area contributed by atoms with Crippen LogP contribution >= 0.6 is 11.6 Å². The van der Waals surface area contributed by atoms with E-state index in [9.17, 15) is 4.79 Å². The number of halogens is 1. The summed E-state index contributed by atoms with van der Waals surface area (Å²) in [6, 6.07) is 8.26. The minimum Gasteiger partial charge on any atom is -0.444 e. The summed E-state index contributed by atoms with van der Waals surface area (Å²) in [6.45, 7) is 10.6. The highest BCUT2D eigenvalue weighted by molar-refractivity contribution is 6.30. The van der Waals surface area contributed by atoms with Crippen LogP contribution in [0.3, 0.4) is 0 Å². The van der Waals surface area contributed by atoms with Crippen molar-refractivity contribution in [3.63, 3.8) is 0 Å². The summed E-state index contributed by atoms with van der Waals surface area (Å²) < 4.78 is 5.62. The number of rotatable bonds is 6. The molecule has 0 N–H and O–H groups in total. The van der Waals surface area contributed by atoms with Gasteiger partial charge in [0.05, 0.1) is 0 Å². The van der Waals surface area contributed by atoms with Crippen LogP contribution in [0.25, 0.3) is 0 Å². The van der Waals surface area contributed by atoms with Gasteiger partial charge in [0.2, 0.25) is 0 Å². The molecule has 0 bridgehead atoms. The average Bonchev–Trinajstić information content (AvgIpc) is 2.69. The van der Waals surface area contributed by atoms with Crippen LogP contribution in [0, 0.1) is 11.8 Å². The molecule has 30 heavy (non-hydrogen) atoms. The van der Waals surface area contributed by atoms with Gasteiger partial charge in [0.15, 0.2) is 0 Å². The van der Waals surface area contributed by atoms with Crippen LogP contribution in [0.4, 0.5) is 4.79 Å². The van der Waals surface area contributed by atoms with Gasteiger partial charge in [-0.3, -0.25) is 4.90 Å². The van der Waals surface area contributed by atoms with E-state index in [1.807, 2.05) is 37.8 Å². The molecule has 0 spiro atoms. The molecule has 1 aromatic carbocycles. The summed E-state index contributed by atoms with van der Waals surface area (Å²) in [7, 11) is 0. The number of carbonyl (C=O) groups excluding carboxylic acids is 1. The van der Waals surface area contributed by atoms with E-state index in [-0.39, 0.29) is 6.09 Å². The fourth-order valence-corrected chi connectivity index (χ4v) is 4.98. The molecular formula is C25H39ClN2O2. The second kappa shape index (κ2) is 10.9. The van der Waals surface area contributed by atoms with Crippen LogP contribution in [0.5, 0.6) is 0 Å². The van der Waals surface area contributed by atoms with Crippen molar-refractivity contribution in [3.8, 4) is 0 Å². The van der Waals surface area contributed by atoms with Gasteiger partial charge >= 0.3 is 6.09 Å². The van der Waals surface area contributed by atoms with Crippen LogP contribution in [0.2, 0.25) is 5.02 Å². The molecule has 1 aliphatic heterocycles. The fraction of sp³-hybridized carbons (Fsp3) is 0.720. The first-order chi connectivity index (χ1) is 14.3. The van der Waals surface area contributed by atoms with Crippen molar-refractivity contribution in [2.45, 2.75) is 77.9 Å². The molecule has 1 heterocycles. The zero-order valence-electron chi connectivity index (χ0n) is 19.0.